The number of hydrogen-bond acceptors (Lipinski definition) is 4. The fraction of sp³-hybridized carbons (Fsp3) is 0.200. The highest BCUT2D eigenvalue weighted by molar-refractivity contribution is 5.96. The van der Waals surface area contributed by atoms with Crippen LogP contribution in [-0.4, -0.2) is 5.97 Å². The minimum atomic E-state index is -1.29. The summed E-state index contributed by atoms with van der Waals surface area (Å²) in [5.41, 5.74) is 3.95. The number of hydrogen-bond donors (Lipinski definition) is 0. The highest BCUT2D eigenvalue weighted by Crippen LogP contribution is 2.34. The van der Waals surface area contributed by atoms with Gasteiger partial charge in [0.1, 0.15) is 5.58 Å². The average molecular weight is 319 g/mol. The molecule has 0 aliphatic heterocycles. The highest BCUT2D eigenvalue weighted by atomic mass is 16.4. The molecule has 1 aliphatic rings. The molecule has 0 bridgehead atoms. The van der Waals surface area contributed by atoms with E-state index < -0.39 is 18.0 Å². The summed E-state index contributed by atoms with van der Waals surface area (Å²) in [7, 11) is 0. The van der Waals surface area contributed by atoms with Crippen LogP contribution in [0.5, 0.6) is 0 Å². The first kappa shape index (κ1) is 14.7. The summed E-state index contributed by atoms with van der Waals surface area (Å²) in [6.07, 6.45) is 2.60. The fourth-order valence-electron chi connectivity index (χ4n) is 3.55. The van der Waals surface area contributed by atoms with E-state index in [1.165, 1.54) is 11.1 Å². The van der Waals surface area contributed by atoms with Gasteiger partial charge in [-0.2, -0.15) is 0 Å². The van der Waals surface area contributed by atoms with Crippen molar-refractivity contribution in [2.24, 2.45) is 0 Å². The van der Waals surface area contributed by atoms with E-state index in [0.717, 1.165) is 30.2 Å². The number of aliphatic carboxylic acids is 1. The van der Waals surface area contributed by atoms with Gasteiger partial charge in [-0.25, -0.2) is 4.79 Å². The first-order chi connectivity index (χ1) is 11.6. The van der Waals surface area contributed by atoms with Gasteiger partial charge in [0.15, 0.2) is 0 Å². The van der Waals surface area contributed by atoms with Crippen LogP contribution in [0.2, 0.25) is 0 Å². The van der Waals surface area contributed by atoms with Gasteiger partial charge >= 0.3 is 5.63 Å². The Bertz CT molecular complexity index is 1000. The normalized spacial score (nSPS) is 13.2. The number of carboxylic acids is 1. The van der Waals surface area contributed by atoms with Crippen LogP contribution < -0.4 is 10.7 Å². The summed E-state index contributed by atoms with van der Waals surface area (Å²) in [5.74, 6) is -1.29. The summed E-state index contributed by atoms with van der Waals surface area (Å²) in [4.78, 5) is 23.5. The second kappa shape index (κ2) is 5.64. The van der Waals surface area contributed by atoms with Crippen LogP contribution in [0.3, 0.4) is 0 Å². The number of rotatable bonds is 3. The number of carboxylic acid groups (broad SMARTS) is 1. The minimum Gasteiger partial charge on any atom is -0.550 e. The molecule has 120 valence electrons. The maximum atomic E-state index is 12.4. The van der Waals surface area contributed by atoms with Crippen molar-refractivity contribution in [3.05, 3.63) is 69.6 Å². The number of fused-ring (bicyclic) bond motifs is 2. The second-order valence-corrected chi connectivity index (χ2v) is 6.13. The van der Waals surface area contributed by atoms with Crippen molar-refractivity contribution in [2.75, 3.05) is 0 Å². The van der Waals surface area contributed by atoms with Gasteiger partial charge in [0.05, 0.1) is 5.56 Å². The van der Waals surface area contributed by atoms with Gasteiger partial charge in [-0.05, 0) is 48.1 Å². The topological polar surface area (TPSA) is 70.3 Å². The zero-order valence-electron chi connectivity index (χ0n) is 13.0. The van der Waals surface area contributed by atoms with E-state index in [-0.39, 0.29) is 5.56 Å². The Kier molecular flexibility index (Phi) is 3.45. The highest BCUT2D eigenvalue weighted by Gasteiger charge is 2.20. The van der Waals surface area contributed by atoms with E-state index in [0.29, 0.717) is 11.1 Å². The molecule has 0 radical (unpaired) electrons. The molecule has 24 heavy (non-hydrogen) atoms. The summed E-state index contributed by atoms with van der Waals surface area (Å²) in [6.45, 7) is 0. The van der Waals surface area contributed by atoms with E-state index in [2.05, 4.69) is 0 Å². The molecule has 4 rings (SSSR count). The molecule has 0 spiro atoms. The van der Waals surface area contributed by atoms with E-state index in [4.69, 9.17) is 4.42 Å². The van der Waals surface area contributed by atoms with Crippen LogP contribution in [0.4, 0.5) is 0 Å². The molecule has 0 atom stereocenters. The zero-order chi connectivity index (χ0) is 16.7. The molecule has 4 heteroatoms. The molecule has 3 aromatic rings. The summed E-state index contributed by atoms with van der Waals surface area (Å²) < 4.78 is 5.43. The predicted molar refractivity (Wildman–Crippen MR) is 88.7 cm³/mol. The molecule has 2 aromatic carbocycles. The summed E-state index contributed by atoms with van der Waals surface area (Å²) >= 11 is 0. The molecule has 4 nitrogen and oxygen atoms in total. The van der Waals surface area contributed by atoms with E-state index in [1.54, 1.807) is 0 Å². The third-order valence-corrected chi connectivity index (χ3v) is 4.60. The molecule has 0 N–H and O–H groups in total. The standard InChI is InChI=1S/C20H16O4/c21-18(22)11-16-19(12-5-2-1-3-6-12)15-9-13-7-4-8-14(13)10-17(15)24-20(16)23/h1-3,5-6,9-10H,4,7-8,11H2,(H,21,22)/p-1. The van der Waals surface area contributed by atoms with Gasteiger partial charge in [0.2, 0.25) is 0 Å². The molecule has 0 fully saturated rings. The quantitative estimate of drug-likeness (QED) is 0.694. The van der Waals surface area contributed by atoms with Gasteiger partial charge in [0.25, 0.3) is 0 Å². The lowest BCUT2D eigenvalue weighted by Gasteiger charge is -2.13. The monoisotopic (exact) mass is 319 g/mol. The fourth-order valence-corrected chi connectivity index (χ4v) is 3.55. The van der Waals surface area contributed by atoms with E-state index in [9.17, 15) is 14.7 Å². The van der Waals surface area contributed by atoms with Crippen LogP contribution in [0.25, 0.3) is 22.1 Å². The van der Waals surface area contributed by atoms with Crippen molar-refractivity contribution in [3.8, 4) is 11.1 Å². The first-order valence-electron chi connectivity index (χ1n) is 8.00. The van der Waals surface area contributed by atoms with Crippen molar-refractivity contribution < 1.29 is 14.3 Å². The SMILES string of the molecule is O=C([O-])Cc1c(-c2ccccc2)c2cc3c(cc2oc1=O)CCC3. The number of carbonyl (C=O) groups is 1. The van der Waals surface area contributed by atoms with E-state index in [1.807, 2.05) is 42.5 Å². The van der Waals surface area contributed by atoms with Crippen LogP contribution in [-0.2, 0) is 24.1 Å². The van der Waals surface area contributed by atoms with Crippen molar-refractivity contribution in [2.45, 2.75) is 25.7 Å². The Morgan fingerprint density at radius 1 is 1.08 bits per heavy atom. The third-order valence-electron chi connectivity index (χ3n) is 4.60. The van der Waals surface area contributed by atoms with Crippen molar-refractivity contribution in [1.29, 1.82) is 0 Å². The van der Waals surface area contributed by atoms with Crippen LogP contribution in [0.15, 0.2) is 51.7 Å². The van der Waals surface area contributed by atoms with Gasteiger partial charge in [-0.3, -0.25) is 0 Å². The summed E-state index contributed by atoms with van der Waals surface area (Å²) in [6, 6.07) is 13.3. The molecular weight excluding hydrogens is 304 g/mol. The van der Waals surface area contributed by atoms with Crippen LogP contribution in [0, 0.1) is 0 Å². The Labute approximate surface area is 138 Å². The Hall–Kier alpha value is -2.88. The lowest BCUT2D eigenvalue weighted by Crippen LogP contribution is -2.27. The molecule has 0 saturated heterocycles. The molecular formula is C20H15O4-. The number of aryl methyl sites for hydroxylation is 2. The summed E-state index contributed by atoms with van der Waals surface area (Å²) in [5, 5.41) is 11.9. The van der Waals surface area contributed by atoms with Crippen molar-refractivity contribution >= 4 is 16.9 Å². The zero-order valence-corrected chi connectivity index (χ0v) is 13.0. The maximum absolute atomic E-state index is 12.4. The third kappa shape index (κ3) is 2.40. The maximum Gasteiger partial charge on any atom is 0.340 e. The lowest BCUT2D eigenvalue weighted by atomic mass is 9.94. The number of carbonyl (C=O) groups excluding carboxylic acids is 1. The predicted octanol–water partition coefficient (Wildman–Crippen LogP) is 2.24. The smallest absolute Gasteiger partial charge is 0.340 e. The van der Waals surface area contributed by atoms with E-state index >= 15 is 0 Å². The van der Waals surface area contributed by atoms with Gasteiger partial charge in [-0.15, -0.1) is 0 Å². The molecule has 1 aromatic heterocycles. The number of benzene rings is 2. The molecule has 0 saturated carbocycles. The molecule has 1 heterocycles. The second-order valence-electron chi connectivity index (χ2n) is 6.13. The lowest BCUT2D eigenvalue weighted by molar-refractivity contribution is -0.304. The average Bonchev–Trinajstić information content (AvgIpc) is 3.01. The molecule has 0 unspecified atom stereocenters. The van der Waals surface area contributed by atoms with Crippen LogP contribution in [0.1, 0.15) is 23.1 Å². The Balaban J connectivity index is 2.10. The van der Waals surface area contributed by atoms with Crippen LogP contribution >= 0.6 is 0 Å². The van der Waals surface area contributed by atoms with Crippen molar-refractivity contribution in [3.63, 3.8) is 0 Å². The minimum absolute atomic E-state index is 0.145. The van der Waals surface area contributed by atoms with Gasteiger partial charge < -0.3 is 14.3 Å². The molecule has 0 amide bonds. The molecule has 1 aliphatic carbocycles. The Morgan fingerprint density at radius 3 is 2.50 bits per heavy atom. The first-order valence-corrected chi connectivity index (χ1v) is 8.00. The van der Waals surface area contributed by atoms with Gasteiger partial charge in [0, 0.05) is 23.3 Å². The van der Waals surface area contributed by atoms with Crippen molar-refractivity contribution in [1.82, 2.24) is 0 Å². The Morgan fingerprint density at radius 2 is 1.79 bits per heavy atom. The largest absolute Gasteiger partial charge is 0.550 e. The van der Waals surface area contributed by atoms with Gasteiger partial charge in [-0.1, -0.05) is 30.3 Å².